The van der Waals surface area contributed by atoms with Gasteiger partial charge in [-0.2, -0.15) is 0 Å². The monoisotopic (exact) mass is 523 g/mol. The van der Waals surface area contributed by atoms with Crippen molar-refractivity contribution >= 4 is 47.2 Å². The Morgan fingerprint density at radius 2 is 1.93 bits per heavy atom. The van der Waals surface area contributed by atoms with Gasteiger partial charge < -0.3 is 20.7 Å². The van der Waals surface area contributed by atoms with E-state index in [1.165, 1.54) is 4.88 Å². The van der Waals surface area contributed by atoms with Gasteiger partial charge in [-0.1, -0.05) is 26.8 Å². The largest absolute Gasteiger partial charge is 0.379 e. The second-order valence-corrected chi connectivity index (χ2v) is 8.54. The minimum atomic E-state index is -0.369. The number of rotatable bonds is 7. The lowest BCUT2D eigenvalue weighted by molar-refractivity contribution is -0.128. The number of thiophene rings is 1. The van der Waals surface area contributed by atoms with E-state index < -0.39 is 0 Å². The van der Waals surface area contributed by atoms with Crippen molar-refractivity contribution < 1.29 is 9.53 Å². The van der Waals surface area contributed by atoms with Gasteiger partial charge in [0.15, 0.2) is 5.96 Å². The molecule has 2 rings (SSSR count). The van der Waals surface area contributed by atoms with Gasteiger partial charge in [0.1, 0.15) is 0 Å². The average molecular weight is 523 g/mol. The van der Waals surface area contributed by atoms with Crippen LogP contribution in [0.2, 0.25) is 0 Å². The Balaban J connectivity index is 0.00000392. The van der Waals surface area contributed by atoms with E-state index in [9.17, 15) is 4.79 Å². The van der Waals surface area contributed by atoms with Gasteiger partial charge in [-0.25, -0.2) is 0 Å². The molecule has 2 heterocycles. The van der Waals surface area contributed by atoms with Crippen molar-refractivity contribution in [3.05, 3.63) is 22.4 Å². The van der Waals surface area contributed by atoms with Crippen LogP contribution < -0.4 is 16.0 Å². The van der Waals surface area contributed by atoms with E-state index in [0.29, 0.717) is 19.1 Å². The van der Waals surface area contributed by atoms with Crippen molar-refractivity contribution in [3.8, 4) is 0 Å². The Hall–Kier alpha value is -0.910. The summed E-state index contributed by atoms with van der Waals surface area (Å²) < 4.78 is 5.49. The molecule has 0 radical (unpaired) electrons. The summed E-state index contributed by atoms with van der Waals surface area (Å²) in [6.07, 6.45) is 0. The molecule has 0 saturated carbocycles. The molecule has 7 nitrogen and oxygen atoms in total. The van der Waals surface area contributed by atoms with Gasteiger partial charge in [-0.3, -0.25) is 14.7 Å². The van der Waals surface area contributed by atoms with Crippen molar-refractivity contribution in [2.24, 2.45) is 10.4 Å². The minimum Gasteiger partial charge on any atom is -0.379 e. The van der Waals surface area contributed by atoms with Crippen molar-refractivity contribution in [1.29, 1.82) is 0 Å². The first kappa shape index (κ1) is 25.1. The molecule has 28 heavy (non-hydrogen) atoms. The fourth-order valence-corrected chi connectivity index (χ4v) is 3.68. The third kappa shape index (κ3) is 8.22. The summed E-state index contributed by atoms with van der Waals surface area (Å²) in [6, 6.07) is 4.58. The van der Waals surface area contributed by atoms with E-state index in [1.807, 2.05) is 20.8 Å². The molecular formula is C19H34IN5O2S. The van der Waals surface area contributed by atoms with Crippen molar-refractivity contribution in [2.75, 3.05) is 53.0 Å². The summed E-state index contributed by atoms with van der Waals surface area (Å²) in [6.45, 7) is 11.1. The maximum Gasteiger partial charge on any atom is 0.225 e. The number of hydrogen-bond donors (Lipinski definition) is 3. The number of nitrogens with zero attached hydrogens (tertiary/aromatic N) is 2. The van der Waals surface area contributed by atoms with Crippen LogP contribution in [0.3, 0.4) is 0 Å². The van der Waals surface area contributed by atoms with Crippen molar-refractivity contribution in [1.82, 2.24) is 20.9 Å². The molecule has 1 amide bonds. The molecule has 160 valence electrons. The zero-order valence-corrected chi connectivity index (χ0v) is 20.4. The highest BCUT2D eigenvalue weighted by atomic mass is 127. The standard InChI is InChI=1S/C19H33N5O2S.HI/c1-19(2,3)17(25)21-7-8-22-18(20-4)23-14-15(16-6-5-13-27-16)24-9-11-26-12-10-24;/h5-6,13,15H,7-12,14H2,1-4H3,(H,21,25)(H2,20,22,23);1H. The highest BCUT2D eigenvalue weighted by Crippen LogP contribution is 2.25. The van der Waals surface area contributed by atoms with Crippen LogP contribution >= 0.6 is 35.3 Å². The van der Waals surface area contributed by atoms with E-state index in [4.69, 9.17) is 4.74 Å². The molecule has 9 heteroatoms. The number of nitrogens with one attached hydrogen (secondary N) is 3. The normalized spacial score (nSPS) is 16.8. The summed E-state index contributed by atoms with van der Waals surface area (Å²) in [4.78, 5) is 20.0. The Bertz CT molecular complexity index is 598. The highest BCUT2D eigenvalue weighted by Gasteiger charge is 2.24. The third-order valence-electron chi connectivity index (χ3n) is 4.43. The summed E-state index contributed by atoms with van der Waals surface area (Å²) in [5, 5.41) is 11.7. The number of morpholine rings is 1. The third-order valence-corrected chi connectivity index (χ3v) is 5.40. The minimum absolute atomic E-state index is 0. The quantitative estimate of drug-likeness (QED) is 0.221. The van der Waals surface area contributed by atoms with Gasteiger partial charge in [-0.15, -0.1) is 35.3 Å². The highest BCUT2D eigenvalue weighted by molar-refractivity contribution is 14.0. The van der Waals surface area contributed by atoms with Crippen molar-refractivity contribution in [3.63, 3.8) is 0 Å². The molecule has 0 bridgehead atoms. The number of aliphatic imine (C=N–C) groups is 1. The predicted molar refractivity (Wildman–Crippen MR) is 127 cm³/mol. The molecule has 0 aromatic carbocycles. The number of guanidine groups is 1. The number of halogens is 1. The number of carbonyl (C=O) groups is 1. The Labute approximate surface area is 189 Å². The predicted octanol–water partition coefficient (Wildman–Crippen LogP) is 2.07. The summed E-state index contributed by atoms with van der Waals surface area (Å²) in [5.41, 5.74) is -0.369. The molecule has 1 aliphatic heterocycles. The first-order chi connectivity index (χ1) is 12.9. The zero-order chi connectivity index (χ0) is 19.7. The summed E-state index contributed by atoms with van der Waals surface area (Å²) in [7, 11) is 1.76. The second kappa shape index (κ2) is 12.6. The summed E-state index contributed by atoms with van der Waals surface area (Å²) >= 11 is 1.78. The van der Waals surface area contributed by atoms with Crippen LogP contribution in [-0.4, -0.2) is 69.8 Å². The van der Waals surface area contributed by atoms with Gasteiger partial charge in [0.2, 0.25) is 5.91 Å². The van der Waals surface area contributed by atoms with Gasteiger partial charge in [0.05, 0.1) is 19.3 Å². The fraction of sp³-hybridized carbons (Fsp3) is 0.684. The maximum atomic E-state index is 11.9. The van der Waals surface area contributed by atoms with Crippen LogP contribution in [0.4, 0.5) is 0 Å². The molecule has 1 saturated heterocycles. The van der Waals surface area contributed by atoms with Gasteiger partial charge in [-0.05, 0) is 11.4 Å². The van der Waals surface area contributed by atoms with Crippen LogP contribution in [0.1, 0.15) is 31.7 Å². The molecule has 1 fully saturated rings. The number of hydrogen-bond acceptors (Lipinski definition) is 5. The van der Waals surface area contributed by atoms with E-state index in [-0.39, 0.29) is 35.3 Å². The van der Waals surface area contributed by atoms with E-state index in [2.05, 4.69) is 43.4 Å². The lowest BCUT2D eigenvalue weighted by atomic mass is 9.96. The molecular weight excluding hydrogens is 489 g/mol. The smallest absolute Gasteiger partial charge is 0.225 e. The Morgan fingerprint density at radius 1 is 1.25 bits per heavy atom. The molecule has 3 N–H and O–H groups in total. The summed E-state index contributed by atoms with van der Waals surface area (Å²) in [5.74, 6) is 0.798. The zero-order valence-electron chi connectivity index (χ0n) is 17.3. The van der Waals surface area contributed by atoms with Gasteiger partial charge in [0, 0.05) is 50.1 Å². The first-order valence-corrected chi connectivity index (χ1v) is 10.4. The SMILES string of the molecule is CN=C(NCCNC(=O)C(C)(C)C)NCC(c1cccs1)N1CCOCC1.I. The van der Waals surface area contributed by atoms with Crippen molar-refractivity contribution in [2.45, 2.75) is 26.8 Å². The number of ether oxygens (including phenoxy) is 1. The molecule has 1 aromatic heterocycles. The number of carbonyl (C=O) groups excluding carboxylic acids is 1. The average Bonchev–Trinajstić information content (AvgIpc) is 3.18. The van der Waals surface area contributed by atoms with E-state index in [0.717, 1.165) is 38.8 Å². The van der Waals surface area contributed by atoms with Crippen LogP contribution in [0.15, 0.2) is 22.5 Å². The van der Waals surface area contributed by atoms with Crippen LogP contribution in [-0.2, 0) is 9.53 Å². The van der Waals surface area contributed by atoms with Crippen LogP contribution in [0, 0.1) is 5.41 Å². The molecule has 1 unspecified atom stereocenters. The van der Waals surface area contributed by atoms with E-state index >= 15 is 0 Å². The molecule has 0 spiro atoms. The van der Waals surface area contributed by atoms with Crippen LogP contribution in [0.25, 0.3) is 0 Å². The molecule has 1 atom stereocenters. The number of amides is 1. The molecule has 1 aliphatic rings. The Kier molecular flexibility index (Phi) is 11.3. The lowest BCUT2D eigenvalue weighted by Gasteiger charge is -2.34. The topological polar surface area (TPSA) is 78.0 Å². The second-order valence-electron chi connectivity index (χ2n) is 7.57. The van der Waals surface area contributed by atoms with E-state index in [1.54, 1.807) is 18.4 Å². The lowest BCUT2D eigenvalue weighted by Crippen LogP contribution is -2.47. The molecule has 1 aromatic rings. The Morgan fingerprint density at radius 3 is 2.50 bits per heavy atom. The van der Waals surface area contributed by atoms with Crippen LogP contribution in [0.5, 0.6) is 0 Å². The van der Waals surface area contributed by atoms with Gasteiger partial charge >= 0.3 is 0 Å². The maximum absolute atomic E-state index is 11.9. The molecule has 0 aliphatic carbocycles. The van der Waals surface area contributed by atoms with Gasteiger partial charge in [0.25, 0.3) is 0 Å². The first-order valence-electron chi connectivity index (χ1n) is 9.50. The fourth-order valence-electron chi connectivity index (χ4n) is 2.82.